The summed E-state index contributed by atoms with van der Waals surface area (Å²) in [6.45, 7) is 2.88. The standard InChI is InChI=1S/C13H15NO6/c1-3-20-12(16)13(2,17)8-11(15)9-4-6-10(7-5-9)14(18)19/h4-7,17H,3,8H2,1-2H3/t13-/m0/s1. The lowest BCUT2D eigenvalue weighted by molar-refractivity contribution is -0.384. The summed E-state index contributed by atoms with van der Waals surface area (Å²) >= 11 is 0. The Bertz CT molecular complexity index is 520. The van der Waals surface area contributed by atoms with Gasteiger partial charge in [0.05, 0.1) is 18.0 Å². The zero-order valence-corrected chi connectivity index (χ0v) is 11.2. The minimum absolute atomic E-state index is 0.0979. The van der Waals surface area contributed by atoms with Gasteiger partial charge in [-0.2, -0.15) is 0 Å². The number of esters is 1. The van der Waals surface area contributed by atoms with Crippen LogP contribution in [0.5, 0.6) is 0 Å². The van der Waals surface area contributed by atoms with E-state index in [1.165, 1.54) is 31.2 Å². The van der Waals surface area contributed by atoms with Crippen LogP contribution in [0.3, 0.4) is 0 Å². The lowest BCUT2D eigenvalue weighted by Gasteiger charge is -2.19. The van der Waals surface area contributed by atoms with Crippen LogP contribution in [-0.4, -0.2) is 34.0 Å². The van der Waals surface area contributed by atoms with Gasteiger partial charge in [-0.3, -0.25) is 14.9 Å². The van der Waals surface area contributed by atoms with Crippen LogP contribution in [0.25, 0.3) is 0 Å². The maximum absolute atomic E-state index is 11.9. The van der Waals surface area contributed by atoms with Gasteiger partial charge in [-0.25, -0.2) is 4.79 Å². The molecule has 0 bridgehead atoms. The van der Waals surface area contributed by atoms with Crippen molar-refractivity contribution in [3.8, 4) is 0 Å². The molecule has 0 aliphatic heterocycles. The Morgan fingerprint density at radius 3 is 2.35 bits per heavy atom. The van der Waals surface area contributed by atoms with Crippen LogP contribution in [-0.2, 0) is 9.53 Å². The first-order chi connectivity index (χ1) is 9.27. The average molecular weight is 281 g/mol. The van der Waals surface area contributed by atoms with Crippen LogP contribution in [0.4, 0.5) is 5.69 Å². The highest BCUT2D eigenvalue weighted by Gasteiger charge is 2.34. The smallest absolute Gasteiger partial charge is 0.338 e. The zero-order valence-electron chi connectivity index (χ0n) is 11.2. The van der Waals surface area contributed by atoms with Crippen molar-refractivity contribution in [2.24, 2.45) is 0 Å². The van der Waals surface area contributed by atoms with E-state index in [1.54, 1.807) is 6.92 Å². The molecule has 0 aromatic heterocycles. The molecule has 1 aromatic rings. The normalized spacial score (nSPS) is 13.3. The topological polar surface area (TPSA) is 107 Å². The van der Waals surface area contributed by atoms with Crippen LogP contribution in [0.1, 0.15) is 30.6 Å². The van der Waals surface area contributed by atoms with Crippen molar-refractivity contribution in [3.63, 3.8) is 0 Å². The average Bonchev–Trinajstić information content (AvgIpc) is 2.38. The second kappa shape index (κ2) is 6.25. The van der Waals surface area contributed by atoms with Crippen LogP contribution >= 0.6 is 0 Å². The van der Waals surface area contributed by atoms with Gasteiger partial charge in [0.2, 0.25) is 0 Å². The summed E-state index contributed by atoms with van der Waals surface area (Å²) in [6.07, 6.45) is -0.455. The molecule has 0 amide bonds. The van der Waals surface area contributed by atoms with Gasteiger partial charge < -0.3 is 9.84 Å². The molecule has 0 radical (unpaired) electrons. The SMILES string of the molecule is CCOC(=O)[C@@](C)(O)CC(=O)c1ccc([N+](=O)[O-])cc1. The molecule has 0 heterocycles. The Kier molecular flexibility index (Phi) is 4.93. The Balaban J connectivity index is 2.80. The van der Waals surface area contributed by atoms with E-state index in [9.17, 15) is 24.8 Å². The predicted octanol–water partition coefficient (Wildman–Crippen LogP) is 1.48. The Labute approximate surface area is 115 Å². The Morgan fingerprint density at radius 1 is 1.35 bits per heavy atom. The highest BCUT2D eigenvalue weighted by Crippen LogP contribution is 2.18. The number of ketones is 1. The van der Waals surface area contributed by atoms with Crippen molar-refractivity contribution in [2.75, 3.05) is 6.61 Å². The van der Waals surface area contributed by atoms with Crippen LogP contribution in [0.15, 0.2) is 24.3 Å². The van der Waals surface area contributed by atoms with Crippen molar-refractivity contribution in [1.29, 1.82) is 0 Å². The summed E-state index contributed by atoms with van der Waals surface area (Å²) in [5.41, 5.74) is -1.88. The highest BCUT2D eigenvalue weighted by atomic mass is 16.6. The van der Waals surface area contributed by atoms with Crippen LogP contribution in [0, 0.1) is 10.1 Å². The molecule has 1 aromatic carbocycles. The summed E-state index contributed by atoms with van der Waals surface area (Å²) in [7, 11) is 0. The molecule has 0 saturated heterocycles. The molecule has 0 aliphatic rings. The van der Waals surface area contributed by atoms with Crippen molar-refractivity contribution in [3.05, 3.63) is 39.9 Å². The van der Waals surface area contributed by atoms with Gasteiger partial charge in [0.15, 0.2) is 11.4 Å². The van der Waals surface area contributed by atoms with Crippen molar-refractivity contribution < 1.29 is 24.4 Å². The molecule has 20 heavy (non-hydrogen) atoms. The number of nitrogens with zero attached hydrogens (tertiary/aromatic N) is 1. The predicted molar refractivity (Wildman–Crippen MR) is 69.3 cm³/mol. The molecule has 108 valence electrons. The number of Topliss-reactive ketones (excluding diaryl/α,β-unsaturated/α-hetero) is 1. The summed E-state index contributed by atoms with van der Waals surface area (Å²) in [6, 6.07) is 4.93. The lowest BCUT2D eigenvalue weighted by atomic mass is 9.95. The summed E-state index contributed by atoms with van der Waals surface area (Å²) in [5, 5.41) is 20.4. The maximum atomic E-state index is 11.9. The van der Waals surface area contributed by atoms with Crippen molar-refractivity contribution in [1.82, 2.24) is 0 Å². The summed E-state index contributed by atoms with van der Waals surface area (Å²) in [5.74, 6) is -1.38. The number of hydrogen-bond donors (Lipinski definition) is 1. The minimum atomic E-state index is -1.92. The quantitative estimate of drug-likeness (QED) is 0.366. The van der Waals surface area contributed by atoms with Crippen molar-refractivity contribution >= 4 is 17.4 Å². The fourth-order valence-electron chi connectivity index (χ4n) is 1.54. The molecular formula is C13H15NO6. The molecule has 0 unspecified atom stereocenters. The molecule has 7 nitrogen and oxygen atoms in total. The second-order valence-corrected chi connectivity index (χ2v) is 4.40. The van der Waals surface area contributed by atoms with Gasteiger partial charge >= 0.3 is 5.97 Å². The number of nitro benzene ring substituents is 1. The van der Waals surface area contributed by atoms with E-state index in [4.69, 9.17) is 0 Å². The number of ether oxygens (including phenoxy) is 1. The molecule has 0 spiro atoms. The Hall–Kier alpha value is -2.28. The zero-order chi connectivity index (χ0) is 15.3. The van der Waals surface area contributed by atoms with Gasteiger partial charge in [-0.15, -0.1) is 0 Å². The summed E-state index contributed by atoms with van der Waals surface area (Å²) in [4.78, 5) is 33.3. The third kappa shape index (κ3) is 3.86. The van der Waals surface area contributed by atoms with Crippen LogP contribution in [0.2, 0.25) is 0 Å². The fourth-order valence-corrected chi connectivity index (χ4v) is 1.54. The molecular weight excluding hydrogens is 266 g/mol. The number of carbonyl (C=O) groups is 2. The van der Waals surface area contributed by atoms with E-state index in [1.807, 2.05) is 0 Å². The molecule has 0 saturated carbocycles. The molecule has 0 aliphatic carbocycles. The first kappa shape index (κ1) is 15.8. The monoisotopic (exact) mass is 281 g/mol. The second-order valence-electron chi connectivity index (χ2n) is 4.40. The van der Waals surface area contributed by atoms with E-state index in [0.717, 1.165) is 0 Å². The highest BCUT2D eigenvalue weighted by molar-refractivity contribution is 5.99. The summed E-state index contributed by atoms with van der Waals surface area (Å²) < 4.78 is 4.66. The van der Waals surface area contributed by atoms with Gasteiger partial charge in [0, 0.05) is 17.7 Å². The third-order valence-electron chi connectivity index (χ3n) is 2.62. The molecule has 1 atom stereocenters. The third-order valence-corrected chi connectivity index (χ3v) is 2.62. The number of hydrogen-bond acceptors (Lipinski definition) is 6. The number of nitro groups is 1. The van der Waals surface area contributed by atoms with E-state index < -0.39 is 28.7 Å². The van der Waals surface area contributed by atoms with E-state index >= 15 is 0 Å². The number of carbonyl (C=O) groups excluding carboxylic acids is 2. The largest absolute Gasteiger partial charge is 0.464 e. The number of benzene rings is 1. The minimum Gasteiger partial charge on any atom is -0.464 e. The lowest BCUT2D eigenvalue weighted by Crippen LogP contribution is -2.39. The molecule has 0 fully saturated rings. The van der Waals surface area contributed by atoms with E-state index in [-0.39, 0.29) is 17.9 Å². The molecule has 7 heteroatoms. The number of non-ortho nitro benzene ring substituents is 1. The van der Waals surface area contributed by atoms with E-state index in [2.05, 4.69) is 4.74 Å². The fraction of sp³-hybridized carbons (Fsp3) is 0.385. The number of rotatable bonds is 6. The van der Waals surface area contributed by atoms with Gasteiger partial charge in [-0.05, 0) is 26.0 Å². The molecule has 1 N–H and O–H groups in total. The number of aliphatic hydroxyl groups is 1. The van der Waals surface area contributed by atoms with Gasteiger partial charge in [0.25, 0.3) is 5.69 Å². The maximum Gasteiger partial charge on any atom is 0.338 e. The first-order valence-corrected chi connectivity index (χ1v) is 5.95. The van der Waals surface area contributed by atoms with Crippen molar-refractivity contribution in [2.45, 2.75) is 25.9 Å². The molecule has 1 rings (SSSR count). The van der Waals surface area contributed by atoms with Gasteiger partial charge in [0.1, 0.15) is 0 Å². The van der Waals surface area contributed by atoms with Gasteiger partial charge in [-0.1, -0.05) is 0 Å². The van der Waals surface area contributed by atoms with Crippen LogP contribution < -0.4 is 0 Å². The van der Waals surface area contributed by atoms with E-state index in [0.29, 0.717) is 0 Å². The first-order valence-electron chi connectivity index (χ1n) is 5.95. The Morgan fingerprint density at radius 2 is 1.90 bits per heavy atom.